The first-order chi connectivity index (χ1) is 12.7. The molecule has 0 spiro atoms. The van der Waals surface area contributed by atoms with Crippen molar-refractivity contribution in [1.29, 1.82) is 0 Å². The van der Waals surface area contributed by atoms with Crippen molar-refractivity contribution in [1.82, 2.24) is 5.32 Å². The largest absolute Gasteiger partial charge is 0.463 e. The van der Waals surface area contributed by atoms with Crippen LogP contribution in [0, 0.1) is 6.92 Å². The molecule has 26 heavy (non-hydrogen) atoms. The fourth-order valence-electron chi connectivity index (χ4n) is 4.71. The van der Waals surface area contributed by atoms with Gasteiger partial charge in [0.25, 0.3) is 0 Å². The van der Waals surface area contributed by atoms with E-state index >= 15 is 0 Å². The Hall–Kier alpha value is -2.27. The van der Waals surface area contributed by atoms with Gasteiger partial charge in [0.1, 0.15) is 6.54 Å². The second-order valence-electron chi connectivity index (χ2n) is 7.74. The zero-order chi connectivity index (χ0) is 17.9. The number of para-hydroxylation sites is 1. The average molecular weight is 354 g/mol. The zero-order valence-corrected chi connectivity index (χ0v) is 15.3. The maximum atomic E-state index is 12.4. The van der Waals surface area contributed by atoms with Crippen LogP contribution in [0.25, 0.3) is 0 Å². The number of furan rings is 1. The number of hydrogen-bond acceptors (Lipinski definition) is 2. The summed E-state index contributed by atoms with van der Waals surface area (Å²) in [5.41, 5.74) is 1.96. The van der Waals surface area contributed by atoms with Crippen molar-refractivity contribution in [3.05, 3.63) is 54.0 Å². The average Bonchev–Trinajstić information content (AvgIpc) is 3.11. The summed E-state index contributed by atoms with van der Waals surface area (Å²) in [7, 11) is 0. The Morgan fingerprint density at radius 1 is 1.15 bits per heavy atom. The van der Waals surface area contributed by atoms with E-state index in [1.54, 1.807) is 11.2 Å². The first-order valence-electron chi connectivity index (χ1n) is 9.70. The summed E-state index contributed by atoms with van der Waals surface area (Å²) < 4.78 is 5.57. The maximum absolute atomic E-state index is 12.4. The third-order valence-corrected chi connectivity index (χ3v) is 5.98. The summed E-state index contributed by atoms with van der Waals surface area (Å²) in [5.74, 6) is 1.07. The summed E-state index contributed by atoms with van der Waals surface area (Å²) >= 11 is 0. The van der Waals surface area contributed by atoms with Crippen molar-refractivity contribution >= 4 is 11.7 Å². The van der Waals surface area contributed by atoms with Crippen molar-refractivity contribution in [3.8, 4) is 0 Å². The van der Waals surface area contributed by atoms with Crippen LogP contribution in [-0.2, 0) is 6.54 Å². The molecule has 0 radical (unpaired) electrons. The zero-order valence-electron chi connectivity index (χ0n) is 15.3. The number of rotatable bonds is 4. The van der Waals surface area contributed by atoms with E-state index in [1.165, 1.54) is 19.3 Å². The van der Waals surface area contributed by atoms with E-state index in [-0.39, 0.29) is 12.1 Å². The van der Waals surface area contributed by atoms with Gasteiger partial charge in [-0.05, 0) is 49.9 Å². The van der Waals surface area contributed by atoms with Gasteiger partial charge in [-0.1, -0.05) is 18.2 Å². The summed E-state index contributed by atoms with van der Waals surface area (Å²) in [6.45, 7) is 2.97. The van der Waals surface area contributed by atoms with E-state index in [9.17, 15) is 4.79 Å². The topological polar surface area (TPSA) is 58.7 Å². The second kappa shape index (κ2) is 7.54. The van der Waals surface area contributed by atoms with Crippen molar-refractivity contribution in [2.24, 2.45) is 0 Å². The number of benzene rings is 1. The van der Waals surface area contributed by atoms with E-state index in [4.69, 9.17) is 4.42 Å². The van der Waals surface area contributed by atoms with Crippen molar-refractivity contribution < 1.29 is 14.1 Å². The number of piperidine rings is 2. The maximum Gasteiger partial charge on any atom is 0.319 e. The lowest BCUT2D eigenvalue weighted by Gasteiger charge is -2.45. The molecule has 2 aromatic rings. The van der Waals surface area contributed by atoms with Gasteiger partial charge in [0.2, 0.25) is 0 Å². The second-order valence-corrected chi connectivity index (χ2v) is 7.74. The van der Waals surface area contributed by atoms with Crippen LogP contribution in [0.4, 0.5) is 10.5 Å². The molecule has 138 valence electrons. The lowest BCUT2D eigenvalue weighted by molar-refractivity contribution is -0.974. The minimum atomic E-state index is -0.0862. The highest BCUT2D eigenvalue weighted by atomic mass is 16.3. The molecule has 0 unspecified atom stereocenters. The number of fused-ring (bicyclic) bond motifs is 2. The molecule has 2 saturated heterocycles. The SMILES string of the molecule is Cc1ccccc1NC(=O)NC1C[C@H]2CCC[C@H](C1)[NH+]2Cc1ccco1. The molecule has 1 aromatic carbocycles. The summed E-state index contributed by atoms with van der Waals surface area (Å²) in [6.07, 6.45) is 7.64. The highest BCUT2D eigenvalue weighted by Gasteiger charge is 2.42. The monoisotopic (exact) mass is 354 g/mol. The minimum Gasteiger partial charge on any atom is -0.463 e. The van der Waals surface area contributed by atoms with E-state index in [2.05, 4.69) is 16.7 Å². The Kier molecular flexibility index (Phi) is 4.98. The first kappa shape index (κ1) is 17.2. The van der Waals surface area contributed by atoms with Crippen molar-refractivity contribution in [3.63, 3.8) is 0 Å². The van der Waals surface area contributed by atoms with Gasteiger partial charge >= 0.3 is 6.03 Å². The highest BCUT2D eigenvalue weighted by Crippen LogP contribution is 2.23. The third kappa shape index (κ3) is 3.78. The molecule has 0 saturated carbocycles. The van der Waals surface area contributed by atoms with Crippen LogP contribution in [-0.4, -0.2) is 24.2 Å². The van der Waals surface area contributed by atoms with Crippen molar-refractivity contribution in [2.45, 2.75) is 63.7 Å². The molecule has 2 amide bonds. The van der Waals surface area contributed by atoms with Gasteiger partial charge in [0.15, 0.2) is 5.76 Å². The van der Waals surface area contributed by atoms with Gasteiger partial charge < -0.3 is 20.0 Å². The number of anilines is 1. The fourth-order valence-corrected chi connectivity index (χ4v) is 4.71. The van der Waals surface area contributed by atoms with Gasteiger partial charge in [-0.25, -0.2) is 4.79 Å². The van der Waals surface area contributed by atoms with E-state index in [1.807, 2.05) is 37.3 Å². The van der Waals surface area contributed by atoms with Crippen LogP contribution < -0.4 is 15.5 Å². The van der Waals surface area contributed by atoms with Gasteiger partial charge in [-0.2, -0.15) is 0 Å². The molecule has 1 aromatic heterocycles. The van der Waals surface area contributed by atoms with Crippen LogP contribution >= 0.6 is 0 Å². The molecule has 2 aliphatic rings. The normalized spacial score (nSPS) is 27.7. The highest BCUT2D eigenvalue weighted by molar-refractivity contribution is 5.90. The molecule has 0 aliphatic carbocycles. The predicted octanol–water partition coefficient (Wildman–Crippen LogP) is 2.88. The van der Waals surface area contributed by atoms with Crippen LogP contribution in [0.2, 0.25) is 0 Å². The van der Waals surface area contributed by atoms with Gasteiger partial charge in [-0.3, -0.25) is 0 Å². The molecule has 3 N–H and O–H groups in total. The summed E-state index contributed by atoms with van der Waals surface area (Å²) in [4.78, 5) is 14.1. The number of hydrogen-bond donors (Lipinski definition) is 3. The number of amides is 2. The molecule has 2 aliphatic heterocycles. The Morgan fingerprint density at radius 2 is 1.92 bits per heavy atom. The molecule has 4 rings (SSSR count). The molecule has 2 atom stereocenters. The molecular weight excluding hydrogens is 326 g/mol. The Labute approximate surface area is 154 Å². The Morgan fingerprint density at radius 3 is 2.62 bits per heavy atom. The number of urea groups is 1. The lowest BCUT2D eigenvalue weighted by atomic mass is 9.81. The molecule has 5 heteroatoms. The minimum absolute atomic E-state index is 0.0862. The smallest absolute Gasteiger partial charge is 0.319 e. The first-order valence-corrected chi connectivity index (χ1v) is 9.70. The molecule has 2 bridgehead atoms. The summed E-state index contributed by atoms with van der Waals surface area (Å²) in [5, 5.41) is 6.21. The molecule has 3 heterocycles. The number of nitrogens with one attached hydrogen (secondary N) is 3. The number of quaternary nitrogens is 1. The number of carbonyl (C=O) groups is 1. The summed E-state index contributed by atoms with van der Waals surface area (Å²) in [6, 6.07) is 13.3. The van der Waals surface area contributed by atoms with Gasteiger partial charge in [-0.15, -0.1) is 0 Å². The molecule has 5 nitrogen and oxygen atoms in total. The predicted molar refractivity (Wildman–Crippen MR) is 101 cm³/mol. The number of aryl methyl sites for hydroxylation is 1. The van der Waals surface area contributed by atoms with E-state index < -0.39 is 0 Å². The Bertz CT molecular complexity index is 729. The molecular formula is C21H28N3O2+. The standard InChI is InChI=1S/C21H27N3O2/c1-15-6-2-3-10-20(15)23-21(25)22-16-12-17-7-4-8-18(13-16)24(17)14-19-9-5-11-26-19/h2-3,5-6,9-11,16-18H,4,7-8,12-14H2,1H3,(H2,22,23,25)/p+1/t17-,18-/m1/s1. The van der Waals surface area contributed by atoms with Crippen LogP contribution in [0.5, 0.6) is 0 Å². The van der Waals surface area contributed by atoms with Gasteiger partial charge in [0, 0.05) is 24.6 Å². The number of carbonyl (C=O) groups excluding carboxylic acids is 1. The third-order valence-electron chi connectivity index (χ3n) is 5.98. The Balaban J connectivity index is 1.36. The van der Waals surface area contributed by atoms with Crippen LogP contribution in [0.1, 0.15) is 43.4 Å². The van der Waals surface area contributed by atoms with Crippen molar-refractivity contribution in [2.75, 3.05) is 5.32 Å². The van der Waals surface area contributed by atoms with Gasteiger partial charge in [0.05, 0.1) is 18.3 Å². The quantitative estimate of drug-likeness (QED) is 0.791. The van der Waals surface area contributed by atoms with E-state index in [0.717, 1.165) is 36.4 Å². The lowest BCUT2D eigenvalue weighted by Crippen LogP contribution is -3.20. The van der Waals surface area contributed by atoms with Crippen LogP contribution in [0.15, 0.2) is 47.1 Å². The van der Waals surface area contributed by atoms with Crippen LogP contribution in [0.3, 0.4) is 0 Å². The molecule has 2 fully saturated rings. The fraction of sp³-hybridized carbons (Fsp3) is 0.476. The van der Waals surface area contributed by atoms with E-state index in [0.29, 0.717) is 12.1 Å².